The molecule has 1 aromatic heterocycles. The van der Waals surface area contributed by atoms with E-state index in [4.69, 9.17) is 16.3 Å². The molecule has 0 aliphatic rings. The van der Waals surface area contributed by atoms with Crippen LogP contribution in [0.4, 0.5) is 0 Å². The van der Waals surface area contributed by atoms with E-state index in [-0.39, 0.29) is 24.8 Å². The molecule has 6 nitrogen and oxygen atoms in total. The van der Waals surface area contributed by atoms with Crippen LogP contribution in [0.1, 0.15) is 27.9 Å². The molecule has 0 spiro atoms. The molecule has 1 heterocycles. The van der Waals surface area contributed by atoms with Crippen LogP contribution in [0.15, 0.2) is 30.6 Å². The minimum Gasteiger partial charge on any atom is -0.460 e. The van der Waals surface area contributed by atoms with Gasteiger partial charge in [0.25, 0.3) is 5.82 Å². The molecule has 0 saturated heterocycles. The third-order valence-corrected chi connectivity index (χ3v) is 2.72. The van der Waals surface area contributed by atoms with Gasteiger partial charge in [-0.05, 0) is 31.2 Å². The highest BCUT2D eigenvalue weighted by Gasteiger charge is 2.14. The zero-order valence-corrected chi connectivity index (χ0v) is 11.5. The molecule has 0 aliphatic heterocycles. The Morgan fingerprint density at radius 3 is 2.65 bits per heavy atom. The van der Waals surface area contributed by atoms with Crippen LogP contribution >= 0.6 is 11.6 Å². The normalized spacial score (nSPS) is 10.3. The van der Waals surface area contributed by atoms with E-state index < -0.39 is 5.97 Å². The van der Waals surface area contributed by atoms with Gasteiger partial charge in [0.05, 0.1) is 6.61 Å². The molecule has 0 bridgehead atoms. The third-order valence-electron chi connectivity index (χ3n) is 2.47. The number of aromatic nitrogens is 3. The van der Waals surface area contributed by atoms with E-state index >= 15 is 0 Å². The lowest BCUT2D eigenvalue weighted by atomic mass is 10.1. The molecule has 0 atom stereocenters. The maximum Gasteiger partial charge on any atom is 0.378 e. The summed E-state index contributed by atoms with van der Waals surface area (Å²) in [7, 11) is 0. The molecule has 0 saturated carbocycles. The van der Waals surface area contributed by atoms with E-state index in [1.807, 2.05) is 0 Å². The number of nitrogens with zero attached hydrogens (tertiary/aromatic N) is 3. The molecule has 2 rings (SSSR count). The minimum atomic E-state index is -0.606. The maximum atomic E-state index is 12.0. The summed E-state index contributed by atoms with van der Waals surface area (Å²) in [6, 6.07) is 6.54. The van der Waals surface area contributed by atoms with E-state index in [0.29, 0.717) is 10.6 Å². The zero-order valence-electron chi connectivity index (χ0n) is 10.7. The van der Waals surface area contributed by atoms with Crippen LogP contribution in [0.25, 0.3) is 0 Å². The Balaban J connectivity index is 2.05. The highest BCUT2D eigenvalue weighted by molar-refractivity contribution is 6.30. The van der Waals surface area contributed by atoms with Crippen LogP contribution in [0.3, 0.4) is 0 Å². The number of Topliss-reactive ketones (excluding diaryl/α,β-unsaturated/α-hetero) is 1. The lowest BCUT2D eigenvalue weighted by Gasteiger charge is -2.01. The van der Waals surface area contributed by atoms with Crippen LogP contribution < -0.4 is 0 Å². The molecule has 7 heteroatoms. The van der Waals surface area contributed by atoms with Crippen molar-refractivity contribution >= 4 is 23.4 Å². The summed E-state index contributed by atoms with van der Waals surface area (Å²) < 4.78 is 6.06. The molecule has 104 valence electrons. The lowest BCUT2D eigenvalue weighted by Crippen LogP contribution is -2.12. The second-order valence-electron chi connectivity index (χ2n) is 3.92. The SMILES string of the molecule is CCOC(=O)c1ncn(CC(=O)c2ccc(Cl)cc2)n1. The first-order chi connectivity index (χ1) is 9.60. The molecule has 20 heavy (non-hydrogen) atoms. The lowest BCUT2D eigenvalue weighted by molar-refractivity contribution is 0.0511. The van der Waals surface area contributed by atoms with Crippen LogP contribution in [-0.4, -0.2) is 33.1 Å². The first-order valence-corrected chi connectivity index (χ1v) is 6.33. The summed E-state index contributed by atoms with van der Waals surface area (Å²) in [5, 5.41) is 4.46. The highest BCUT2D eigenvalue weighted by atomic mass is 35.5. The van der Waals surface area contributed by atoms with E-state index in [9.17, 15) is 9.59 Å². The number of ether oxygens (including phenoxy) is 1. The number of carbonyl (C=O) groups excluding carboxylic acids is 2. The number of halogens is 1. The van der Waals surface area contributed by atoms with Crippen molar-refractivity contribution in [3.8, 4) is 0 Å². The molecule has 0 radical (unpaired) electrons. The molecule has 1 aromatic carbocycles. The molecule has 0 fully saturated rings. The van der Waals surface area contributed by atoms with Crippen molar-refractivity contribution in [2.45, 2.75) is 13.5 Å². The fourth-order valence-corrected chi connectivity index (χ4v) is 1.66. The maximum absolute atomic E-state index is 12.0. The molecular formula is C13H12ClN3O3. The van der Waals surface area contributed by atoms with Gasteiger partial charge in [-0.3, -0.25) is 4.79 Å². The van der Waals surface area contributed by atoms with Crippen molar-refractivity contribution in [1.82, 2.24) is 14.8 Å². The van der Waals surface area contributed by atoms with Gasteiger partial charge in [0, 0.05) is 10.6 Å². The van der Waals surface area contributed by atoms with Crippen molar-refractivity contribution in [2.75, 3.05) is 6.61 Å². The fourth-order valence-electron chi connectivity index (χ4n) is 1.53. The topological polar surface area (TPSA) is 74.1 Å². The number of rotatable bonds is 5. The van der Waals surface area contributed by atoms with Gasteiger partial charge in [-0.2, -0.15) is 0 Å². The first-order valence-electron chi connectivity index (χ1n) is 5.95. The average Bonchev–Trinajstić information content (AvgIpc) is 2.88. The van der Waals surface area contributed by atoms with Gasteiger partial charge < -0.3 is 4.74 Å². The van der Waals surface area contributed by atoms with Crippen molar-refractivity contribution < 1.29 is 14.3 Å². The summed E-state index contributed by atoms with van der Waals surface area (Å²) >= 11 is 5.75. The monoisotopic (exact) mass is 293 g/mol. The second-order valence-corrected chi connectivity index (χ2v) is 4.35. The van der Waals surface area contributed by atoms with Crippen LogP contribution in [-0.2, 0) is 11.3 Å². The quantitative estimate of drug-likeness (QED) is 0.622. The van der Waals surface area contributed by atoms with Gasteiger partial charge in [0.1, 0.15) is 12.9 Å². The zero-order chi connectivity index (χ0) is 14.5. The largest absolute Gasteiger partial charge is 0.460 e. The molecular weight excluding hydrogens is 282 g/mol. The van der Waals surface area contributed by atoms with E-state index in [1.165, 1.54) is 11.0 Å². The minimum absolute atomic E-state index is 0.00592. The second kappa shape index (κ2) is 6.29. The Kier molecular flexibility index (Phi) is 4.47. The Bertz CT molecular complexity index is 622. The summed E-state index contributed by atoms with van der Waals surface area (Å²) in [6.45, 7) is 1.93. The Morgan fingerprint density at radius 2 is 2.00 bits per heavy atom. The highest BCUT2D eigenvalue weighted by Crippen LogP contribution is 2.10. The van der Waals surface area contributed by atoms with Gasteiger partial charge in [0.15, 0.2) is 5.78 Å². The summed E-state index contributed by atoms with van der Waals surface area (Å²) in [6.07, 6.45) is 1.32. The average molecular weight is 294 g/mol. The van der Waals surface area contributed by atoms with E-state index in [2.05, 4.69) is 10.1 Å². The summed E-state index contributed by atoms with van der Waals surface area (Å²) in [5.41, 5.74) is 0.516. The van der Waals surface area contributed by atoms with Gasteiger partial charge in [-0.15, -0.1) is 5.10 Å². The van der Waals surface area contributed by atoms with Gasteiger partial charge in [0.2, 0.25) is 0 Å². The first kappa shape index (κ1) is 14.2. The van der Waals surface area contributed by atoms with Crippen LogP contribution in [0.5, 0.6) is 0 Å². The standard InChI is InChI=1S/C13H12ClN3O3/c1-2-20-13(19)12-15-8-17(16-12)7-11(18)9-3-5-10(14)6-4-9/h3-6,8H,2,7H2,1H3. The number of hydrogen-bond donors (Lipinski definition) is 0. The number of benzene rings is 1. The molecule has 0 aliphatic carbocycles. The van der Waals surface area contributed by atoms with Crippen molar-refractivity contribution in [3.05, 3.63) is 47.0 Å². The van der Waals surface area contributed by atoms with Gasteiger partial charge in [-0.25, -0.2) is 14.5 Å². The molecule has 0 unspecified atom stereocenters. The Labute approximate surface area is 120 Å². The van der Waals surface area contributed by atoms with E-state index in [0.717, 1.165) is 0 Å². The number of ketones is 1. The smallest absolute Gasteiger partial charge is 0.378 e. The van der Waals surface area contributed by atoms with Gasteiger partial charge >= 0.3 is 5.97 Å². The van der Waals surface area contributed by atoms with Crippen molar-refractivity contribution in [2.24, 2.45) is 0 Å². The van der Waals surface area contributed by atoms with Crippen molar-refractivity contribution in [3.63, 3.8) is 0 Å². The van der Waals surface area contributed by atoms with Crippen LogP contribution in [0.2, 0.25) is 5.02 Å². The predicted molar refractivity (Wildman–Crippen MR) is 71.8 cm³/mol. The number of hydrogen-bond acceptors (Lipinski definition) is 5. The Hall–Kier alpha value is -2.21. The molecule has 0 N–H and O–H groups in total. The van der Waals surface area contributed by atoms with Crippen molar-refractivity contribution in [1.29, 1.82) is 0 Å². The van der Waals surface area contributed by atoms with E-state index in [1.54, 1.807) is 31.2 Å². The Morgan fingerprint density at radius 1 is 1.30 bits per heavy atom. The fraction of sp³-hybridized carbons (Fsp3) is 0.231. The summed E-state index contributed by atoms with van der Waals surface area (Å²) in [5.74, 6) is -0.817. The molecule has 0 amide bonds. The number of esters is 1. The number of carbonyl (C=O) groups is 2. The van der Waals surface area contributed by atoms with Crippen LogP contribution in [0, 0.1) is 0 Å². The summed E-state index contributed by atoms with van der Waals surface area (Å²) in [4.78, 5) is 27.2. The van der Waals surface area contributed by atoms with Gasteiger partial charge in [-0.1, -0.05) is 11.6 Å². The predicted octanol–water partition coefficient (Wildman–Crippen LogP) is 1.99. The third kappa shape index (κ3) is 3.42. The molecule has 2 aromatic rings.